The van der Waals surface area contributed by atoms with Gasteiger partial charge in [0.1, 0.15) is 15.8 Å². The summed E-state index contributed by atoms with van der Waals surface area (Å²) < 4.78 is 2.06. The summed E-state index contributed by atoms with van der Waals surface area (Å²) in [5.41, 5.74) is 1.71. The molecule has 0 spiro atoms. The molecule has 3 rings (SSSR count). The molecule has 2 aromatic rings. The molecule has 28 heavy (non-hydrogen) atoms. The number of carbonyl (C=O) groups excluding carboxylic acids is 1. The maximum atomic E-state index is 13.2. The van der Waals surface area contributed by atoms with Crippen LogP contribution in [-0.2, 0) is 4.79 Å². The van der Waals surface area contributed by atoms with E-state index >= 15 is 0 Å². The van der Waals surface area contributed by atoms with Gasteiger partial charge >= 0.3 is 0 Å². The molecular formula is C20H24N4O2S2. The predicted molar refractivity (Wildman–Crippen MR) is 120 cm³/mol. The predicted octanol–water partition coefficient (Wildman–Crippen LogP) is 3.83. The molecular weight excluding hydrogens is 392 g/mol. The van der Waals surface area contributed by atoms with Crippen molar-refractivity contribution in [1.82, 2.24) is 14.3 Å². The third-order valence-electron chi connectivity index (χ3n) is 4.43. The van der Waals surface area contributed by atoms with E-state index in [4.69, 9.17) is 12.2 Å². The Balaban J connectivity index is 2.09. The highest BCUT2D eigenvalue weighted by Crippen LogP contribution is 2.33. The van der Waals surface area contributed by atoms with E-state index in [0.29, 0.717) is 39.3 Å². The van der Waals surface area contributed by atoms with E-state index in [1.165, 1.54) is 16.2 Å². The van der Waals surface area contributed by atoms with Crippen molar-refractivity contribution >= 4 is 51.7 Å². The van der Waals surface area contributed by atoms with Crippen LogP contribution in [0.25, 0.3) is 11.7 Å². The lowest BCUT2D eigenvalue weighted by Gasteiger charge is -2.13. The third kappa shape index (κ3) is 4.12. The lowest BCUT2D eigenvalue weighted by Crippen LogP contribution is -2.29. The Kier molecular flexibility index (Phi) is 6.51. The number of aromatic nitrogens is 2. The number of amides is 1. The molecule has 0 atom stereocenters. The van der Waals surface area contributed by atoms with Gasteiger partial charge in [-0.3, -0.25) is 18.9 Å². The summed E-state index contributed by atoms with van der Waals surface area (Å²) in [5, 5.41) is 3.22. The fourth-order valence-electron chi connectivity index (χ4n) is 2.91. The van der Waals surface area contributed by atoms with Crippen LogP contribution in [0.3, 0.4) is 0 Å². The lowest BCUT2D eigenvalue weighted by molar-refractivity contribution is -0.122. The Morgan fingerprint density at radius 3 is 2.75 bits per heavy atom. The Bertz CT molecular complexity index is 1010. The molecule has 0 radical (unpaired) electrons. The van der Waals surface area contributed by atoms with E-state index < -0.39 is 0 Å². The van der Waals surface area contributed by atoms with Crippen LogP contribution in [0.5, 0.6) is 0 Å². The summed E-state index contributed by atoms with van der Waals surface area (Å²) >= 11 is 6.61. The van der Waals surface area contributed by atoms with Crippen molar-refractivity contribution in [3.8, 4) is 0 Å². The summed E-state index contributed by atoms with van der Waals surface area (Å²) in [5.74, 6) is 0.355. The number of rotatable bonds is 7. The van der Waals surface area contributed by atoms with Crippen LogP contribution in [0.1, 0.15) is 44.2 Å². The van der Waals surface area contributed by atoms with Gasteiger partial charge in [-0.05, 0) is 37.5 Å². The normalized spacial score (nSPS) is 15.8. The first-order chi connectivity index (χ1) is 13.5. The van der Waals surface area contributed by atoms with E-state index in [0.717, 1.165) is 24.8 Å². The number of nitrogens with zero attached hydrogens (tertiary/aromatic N) is 3. The van der Waals surface area contributed by atoms with Crippen molar-refractivity contribution in [3.63, 3.8) is 0 Å². The number of thioether (sulfide) groups is 1. The van der Waals surface area contributed by atoms with Crippen molar-refractivity contribution in [2.45, 2.75) is 40.0 Å². The van der Waals surface area contributed by atoms with Gasteiger partial charge in [0.2, 0.25) is 0 Å². The molecule has 3 heterocycles. The van der Waals surface area contributed by atoms with Crippen LogP contribution in [0.2, 0.25) is 0 Å². The van der Waals surface area contributed by atoms with E-state index in [2.05, 4.69) is 17.2 Å². The number of carbonyl (C=O) groups is 1. The monoisotopic (exact) mass is 416 g/mol. The van der Waals surface area contributed by atoms with Crippen LogP contribution >= 0.6 is 24.0 Å². The lowest BCUT2D eigenvalue weighted by atomic mass is 10.2. The van der Waals surface area contributed by atoms with Crippen LogP contribution < -0.4 is 10.9 Å². The first kappa shape index (κ1) is 20.5. The number of unbranched alkanes of at least 4 members (excludes halogenated alkanes) is 1. The maximum absolute atomic E-state index is 13.2. The van der Waals surface area contributed by atoms with Gasteiger partial charge in [0.05, 0.1) is 10.5 Å². The van der Waals surface area contributed by atoms with E-state index in [9.17, 15) is 9.59 Å². The van der Waals surface area contributed by atoms with E-state index in [1.54, 1.807) is 17.2 Å². The van der Waals surface area contributed by atoms with Gasteiger partial charge in [0, 0.05) is 19.3 Å². The number of pyridine rings is 1. The van der Waals surface area contributed by atoms with Crippen LogP contribution in [-0.4, -0.2) is 37.6 Å². The highest BCUT2D eigenvalue weighted by molar-refractivity contribution is 8.26. The molecule has 0 unspecified atom stereocenters. The fraction of sp³-hybridized carbons (Fsp3) is 0.400. The number of thiocarbonyl (C=S) groups is 1. The highest BCUT2D eigenvalue weighted by atomic mass is 32.2. The molecule has 148 valence electrons. The zero-order valence-electron chi connectivity index (χ0n) is 16.3. The summed E-state index contributed by atoms with van der Waals surface area (Å²) in [6.07, 6.45) is 6.16. The molecule has 1 N–H and O–H groups in total. The Hall–Kier alpha value is -2.19. The molecule has 0 aromatic carbocycles. The molecule has 8 heteroatoms. The van der Waals surface area contributed by atoms with E-state index in [-0.39, 0.29) is 11.5 Å². The molecule has 6 nitrogen and oxygen atoms in total. The van der Waals surface area contributed by atoms with Crippen molar-refractivity contribution in [3.05, 3.63) is 44.7 Å². The summed E-state index contributed by atoms with van der Waals surface area (Å²) in [4.78, 5) is 32.6. The second-order valence-corrected chi connectivity index (χ2v) is 8.40. The largest absolute Gasteiger partial charge is 0.369 e. The smallest absolute Gasteiger partial charge is 0.267 e. The average Bonchev–Trinajstić information content (AvgIpc) is 2.94. The van der Waals surface area contributed by atoms with Gasteiger partial charge < -0.3 is 5.32 Å². The minimum atomic E-state index is -0.203. The highest BCUT2D eigenvalue weighted by Gasteiger charge is 2.32. The van der Waals surface area contributed by atoms with Crippen molar-refractivity contribution in [2.24, 2.45) is 0 Å². The second-order valence-electron chi connectivity index (χ2n) is 6.73. The summed E-state index contributed by atoms with van der Waals surface area (Å²) in [6, 6.07) is 3.74. The average molecular weight is 417 g/mol. The Morgan fingerprint density at radius 2 is 2.04 bits per heavy atom. The number of fused-ring (bicyclic) bond motifs is 1. The number of anilines is 1. The number of nitrogens with one attached hydrogen (secondary N) is 1. The molecule has 0 bridgehead atoms. The van der Waals surface area contributed by atoms with E-state index in [1.807, 2.05) is 26.0 Å². The zero-order chi connectivity index (χ0) is 20.3. The zero-order valence-corrected chi connectivity index (χ0v) is 18.0. The molecule has 0 aliphatic carbocycles. The standard InChI is InChI=1S/C20H24N4O2S2/c1-4-6-10-23-19(26)15(28-20(23)27)11-14-17(21-9-5-2)22-16-8-7-13(3)12-24(16)18(14)25/h7-8,11-12,21H,4-6,9-10H2,1-3H3. The Labute approximate surface area is 174 Å². The SMILES string of the molecule is CCCCN1C(=O)C(=Cc2c(NCCC)nc3ccc(C)cn3c2=O)SC1=S. The molecule has 1 aliphatic rings. The number of hydrogen-bond acceptors (Lipinski definition) is 6. The minimum absolute atomic E-state index is 0.140. The van der Waals surface area contributed by atoms with Gasteiger partial charge in [0.15, 0.2) is 0 Å². The quantitative estimate of drug-likeness (QED) is 0.547. The molecule has 2 aromatic heterocycles. The van der Waals surface area contributed by atoms with Gasteiger partial charge in [-0.1, -0.05) is 50.3 Å². The molecule has 1 amide bonds. The molecule has 0 saturated carbocycles. The fourth-order valence-corrected chi connectivity index (χ4v) is 4.20. The Morgan fingerprint density at radius 1 is 1.25 bits per heavy atom. The van der Waals surface area contributed by atoms with Gasteiger partial charge in [-0.25, -0.2) is 4.98 Å². The summed E-state index contributed by atoms with van der Waals surface area (Å²) in [7, 11) is 0. The van der Waals surface area contributed by atoms with Crippen molar-refractivity contribution < 1.29 is 4.79 Å². The van der Waals surface area contributed by atoms with Crippen LogP contribution in [0.15, 0.2) is 28.0 Å². The number of aryl methyl sites for hydroxylation is 1. The minimum Gasteiger partial charge on any atom is -0.369 e. The molecule has 1 aliphatic heterocycles. The van der Waals surface area contributed by atoms with Gasteiger partial charge in [-0.2, -0.15) is 0 Å². The maximum Gasteiger partial charge on any atom is 0.267 e. The topological polar surface area (TPSA) is 66.7 Å². The number of hydrogen-bond donors (Lipinski definition) is 1. The van der Waals surface area contributed by atoms with Gasteiger partial charge in [-0.15, -0.1) is 0 Å². The first-order valence-corrected chi connectivity index (χ1v) is 10.7. The summed E-state index contributed by atoms with van der Waals surface area (Å²) in [6.45, 7) is 7.33. The van der Waals surface area contributed by atoms with Crippen LogP contribution in [0, 0.1) is 6.92 Å². The molecule has 1 saturated heterocycles. The second kappa shape index (κ2) is 8.87. The van der Waals surface area contributed by atoms with Crippen LogP contribution in [0.4, 0.5) is 5.82 Å². The third-order valence-corrected chi connectivity index (χ3v) is 5.81. The molecule has 1 fully saturated rings. The van der Waals surface area contributed by atoms with Crippen molar-refractivity contribution in [2.75, 3.05) is 18.4 Å². The first-order valence-electron chi connectivity index (χ1n) is 9.48. The van der Waals surface area contributed by atoms with Gasteiger partial charge in [0.25, 0.3) is 11.5 Å². The van der Waals surface area contributed by atoms with Crippen molar-refractivity contribution in [1.29, 1.82) is 0 Å².